The first-order chi connectivity index (χ1) is 14.6. The van der Waals surface area contributed by atoms with Crippen LogP contribution in [0.2, 0.25) is 0 Å². The average molecular weight is 408 g/mol. The number of carbonyl (C=O) groups excluding carboxylic acids is 1. The Bertz CT molecular complexity index is 1160. The number of hydrogen-bond donors (Lipinski definition) is 1. The summed E-state index contributed by atoms with van der Waals surface area (Å²) in [7, 11) is 1.55. The zero-order valence-corrected chi connectivity index (χ0v) is 16.8. The van der Waals surface area contributed by atoms with Gasteiger partial charge < -0.3 is 23.8 Å². The van der Waals surface area contributed by atoms with Gasteiger partial charge in [0.15, 0.2) is 0 Å². The summed E-state index contributed by atoms with van der Waals surface area (Å²) in [5.74, 6) is 0.420. The number of pyridine rings is 2. The summed E-state index contributed by atoms with van der Waals surface area (Å²) in [6.45, 7) is 1.50. The SMILES string of the molecule is COc1cc2nc(C3CCOCC3)cn2cc1NC(=O)c1cccn(C2CC2)c1=O. The summed E-state index contributed by atoms with van der Waals surface area (Å²) in [4.78, 5) is 30.3. The van der Waals surface area contributed by atoms with Gasteiger partial charge in [0.05, 0.1) is 12.8 Å². The Morgan fingerprint density at radius 1 is 1.23 bits per heavy atom. The van der Waals surface area contributed by atoms with Crippen molar-refractivity contribution in [1.29, 1.82) is 0 Å². The van der Waals surface area contributed by atoms with E-state index < -0.39 is 5.91 Å². The molecule has 1 saturated heterocycles. The van der Waals surface area contributed by atoms with Gasteiger partial charge in [0.2, 0.25) is 0 Å². The third-order valence-electron chi connectivity index (χ3n) is 5.84. The van der Waals surface area contributed by atoms with Crippen LogP contribution in [0.3, 0.4) is 0 Å². The van der Waals surface area contributed by atoms with Gasteiger partial charge in [-0.05, 0) is 37.8 Å². The summed E-state index contributed by atoms with van der Waals surface area (Å²) < 4.78 is 14.4. The minimum Gasteiger partial charge on any atom is -0.494 e. The first-order valence-electron chi connectivity index (χ1n) is 10.3. The van der Waals surface area contributed by atoms with Gasteiger partial charge in [-0.2, -0.15) is 0 Å². The number of ether oxygens (including phenoxy) is 2. The van der Waals surface area contributed by atoms with Gasteiger partial charge in [0, 0.05) is 49.8 Å². The van der Waals surface area contributed by atoms with E-state index in [-0.39, 0.29) is 17.2 Å². The van der Waals surface area contributed by atoms with E-state index in [1.54, 1.807) is 42.3 Å². The maximum atomic E-state index is 12.9. The second kappa shape index (κ2) is 7.60. The fourth-order valence-corrected chi connectivity index (χ4v) is 4.00. The molecule has 1 aliphatic carbocycles. The summed E-state index contributed by atoms with van der Waals surface area (Å²) in [6.07, 6.45) is 9.37. The Morgan fingerprint density at radius 2 is 2.03 bits per heavy atom. The highest BCUT2D eigenvalue weighted by molar-refractivity contribution is 6.04. The smallest absolute Gasteiger partial charge is 0.263 e. The molecule has 8 nitrogen and oxygen atoms in total. The van der Waals surface area contributed by atoms with Crippen molar-refractivity contribution >= 4 is 17.2 Å². The first-order valence-corrected chi connectivity index (χ1v) is 10.3. The van der Waals surface area contributed by atoms with E-state index in [9.17, 15) is 9.59 Å². The number of amides is 1. The normalized spacial score (nSPS) is 17.2. The Kier molecular flexibility index (Phi) is 4.78. The highest BCUT2D eigenvalue weighted by Crippen LogP contribution is 2.33. The molecule has 1 saturated carbocycles. The Labute approximate surface area is 173 Å². The van der Waals surface area contributed by atoms with Crippen LogP contribution in [-0.4, -0.2) is 40.2 Å². The van der Waals surface area contributed by atoms with Crippen LogP contribution in [0.1, 0.15) is 53.7 Å². The number of anilines is 1. The Morgan fingerprint density at radius 3 is 2.77 bits per heavy atom. The Balaban J connectivity index is 1.45. The molecule has 8 heteroatoms. The molecule has 0 spiro atoms. The molecule has 1 N–H and O–H groups in total. The minimum absolute atomic E-state index is 0.125. The second-order valence-corrected chi connectivity index (χ2v) is 7.89. The van der Waals surface area contributed by atoms with Crippen molar-refractivity contribution in [3.63, 3.8) is 0 Å². The van der Waals surface area contributed by atoms with E-state index in [2.05, 4.69) is 5.32 Å². The van der Waals surface area contributed by atoms with Crippen LogP contribution in [-0.2, 0) is 4.74 Å². The number of fused-ring (bicyclic) bond motifs is 1. The lowest BCUT2D eigenvalue weighted by Gasteiger charge is -2.19. The van der Waals surface area contributed by atoms with Gasteiger partial charge >= 0.3 is 0 Å². The summed E-state index contributed by atoms with van der Waals surface area (Å²) in [5, 5.41) is 2.84. The van der Waals surface area contributed by atoms with Crippen LogP contribution in [0, 0.1) is 0 Å². The monoisotopic (exact) mass is 408 g/mol. The summed E-state index contributed by atoms with van der Waals surface area (Å²) >= 11 is 0. The van der Waals surface area contributed by atoms with E-state index in [1.807, 2.05) is 10.6 Å². The van der Waals surface area contributed by atoms with Crippen molar-refractivity contribution in [2.45, 2.75) is 37.6 Å². The molecule has 4 heterocycles. The molecule has 0 atom stereocenters. The van der Waals surface area contributed by atoms with Gasteiger partial charge in [0.25, 0.3) is 11.5 Å². The molecular weight excluding hydrogens is 384 g/mol. The molecule has 30 heavy (non-hydrogen) atoms. The molecular formula is C22H24N4O4. The van der Waals surface area contributed by atoms with Gasteiger partial charge in [-0.25, -0.2) is 4.98 Å². The molecule has 0 aromatic carbocycles. The number of imidazole rings is 1. The quantitative estimate of drug-likeness (QED) is 0.701. The predicted octanol–water partition coefficient (Wildman–Crippen LogP) is 2.99. The van der Waals surface area contributed by atoms with Crippen LogP contribution in [0.5, 0.6) is 5.75 Å². The van der Waals surface area contributed by atoms with Crippen molar-refractivity contribution in [3.8, 4) is 5.75 Å². The maximum Gasteiger partial charge on any atom is 0.263 e. The zero-order valence-electron chi connectivity index (χ0n) is 16.8. The lowest BCUT2D eigenvalue weighted by Crippen LogP contribution is -2.28. The molecule has 5 rings (SSSR count). The van der Waals surface area contributed by atoms with Gasteiger partial charge in [-0.1, -0.05) is 0 Å². The number of methoxy groups -OCH3 is 1. The average Bonchev–Trinajstić information content (AvgIpc) is 3.52. The predicted molar refractivity (Wildman–Crippen MR) is 111 cm³/mol. The molecule has 1 aliphatic heterocycles. The van der Waals surface area contributed by atoms with Crippen LogP contribution < -0.4 is 15.6 Å². The molecule has 2 fully saturated rings. The van der Waals surface area contributed by atoms with Crippen LogP contribution in [0.15, 0.2) is 41.6 Å². The third kappa shape index (κ3) is 3.47. The highest BCUT2D eigenvalue weighted by Gasteiger charge is 2.26. The van der Waals surface area contributed by atoms with E-state index in [0.29, 0.717) is 17.4 Å². The topological polar surface area (TPSA) is 86.9 Å². The fourth-order valence-electron chi connectivity index (χ4n) is 4.00. The molecule has 3 aromatic rings. The lowest BCUT2D eigenvalue weighted by atomic mass is 9.97. The number of nitrogens with one attached hydrogen (secondary N) is 1. The molecule has 0 unspecified atom stereocenters. The van der Waals surface area contributed by atoms with Crippen molar-refractivity contribution in [1.82, 2.24) is 14.0 Å². The van der Waals surface area contributed by atoms with Crippen LogP contribution in [0.4, 0.5) is 5.69 Å². The van der Waals surface area contributed by atoms with Crippen LogP contribution >= 0.6 is 0 Å². The molecule has 3 aromatic heterocycles. The highest BCUT2D eigenvalue weighted by atomic mass is 16.5. The number of hydrogen-bond acceptors (Lipinski definition) is 5. The number of rotatable bonds is 5. The summed E-state index contributed by atoms with van der Waals surface area (Å²) in [5.41, 5.74) is 2.12. The Hall–Kier alpha value is -3.13. The van der Waals surface area contributed by atoms with Gasteiger partial charge in [-0.15, -0.1) is 0 Å². The van der Waals surface area contributed by atoms with Gasteiger partial charge in [-0.3, -0.25) is 9.59 Å². The number of aromatic nitrogens is 3. The number of nitrogens with zero attached hydrogens (tertiary/aromatic N) is 3. The molecule has 2 aliphatic rings. The van der Waals surface area contributed by atoms with Crippen molar-refractivity contribution in [3.05, 3.63) is 58.4 Å². The van der Waals surface area contributed by atoms with E-state index in [4.69, 9.17) is 14.5 Å². The third-order valence-corrected chi connectivity index (χ3v) is 5.84. The molecule has 0 radical (unpaired) electrons. The van der Waals surface area contributed by atoms with E-state index in [1.165, 1.54) is 0 Å². The molecule has 0 bridgehead atoms. The van der Waals surface area contributed by atoms with Gasteiger partial charge in [0.1, 0.15) is 22.6 Å². The summed E-state index contributed by atoms with van der Waals surface area (Å²) in [6, 6.07) is 5.31. The number of carbonyl (C=O) groups is 1. The van der Waals surface area contributed by atoms with E-state index in [0.717, 1.165) is 50.2 Å². The standard InChI is InChI=1S/C22H24N4O4/c1-29-19-11-20-23-17(14-6-9-30-10-7-14)12-25(20)13-18(19)24-21(27)16-3-2-8-26(22(16)28)15-4-5-15/h2-3,8,11-15H,4-7,9-10H2,1H3,(H,24,27). The maximum absolute atomic E-state index is 12.9. The van der Waals surface area contributed by atoms with Crippen molar-refractivity contribution < 1.29 is 14.3 Å². The molecule has 156 valence electrons. The second-order valence-electron chi connectivity index (χ2n) is 7.89. The largest absolute Gasteiger partial charge is 0.494 e. The zero-order chi connectivity index (χ0) is 20.7. The van der Waals surface area contributed by atoms with Crippen LogP contribution in [0.25, 0.3) is 5.65 Å². The minimum atomic E-state index is -0.447. The van der Waals surface area contributed by atoms with Crippen molar-refractivity contribution in [2.24, 2.45) is 0 Å². The fraction of sp³-hybridized carbons (Fsp3) is 0.409. The first kappa shape index (κ1) is 18.9. The molecule has 1 amide bonds. The van der Waals surface area contributed by atoms with Crippen molar-refractivity contribution in [2.75, 3.05) is 25.6 Å². The lowest BCUT2D eigenvalue weighted by molar-refractivity contribution is 0.0846. The van der Waals surface area contributed by atoms with E-state index >= 15 is 0 Å².